The van der Waals surface area contributed by atoms with Crippen LogP contribution in [0.2, 0.25) is 0 Å². The minimum atomic E-state index is -3.53. The average Bonchev–Trinajstić information content (AvgIpc) is 2.43. The lowest BCUT2D eigenvalue weighted by Gasteiger charge is -2.31. The van der Waals surface area contributed by atoms with Crippen molar-refractivity contribution in [2.45, 2.75) is 32.9 Å². The minimum Gasteiger partial charge on any atom is -0.383 e. The second-order valence-corrected chi connectivity index (χ2v) is 7.07. The van der Waals surface area contributed by atoms with E-state index in [0.29, 0.717) is 6.54 Å². The molecule has 6 nitrogen and oxygen atoms in total. The molecule has 0 saturated carbocycles. The molecule has 7 heteroatoms. The Labute approximate surface area is 132 Å². The first kappa shape index (κ1) is 18.3. The van der Waals surface area contributed by atoms with Gasteiger partial charge in [0.1, 0.15) is 5.75 Å². The lowest BCUT2D eigenvalue weighted by Crippen LogP contribution is -2.43. The summed E-state index contributed by atoms with van der Waals surface area (Å²) < 4.78 is 26.9. The summed E-state index contributed by atoms with van der Waals surface area (Å²) in [6, 6.07) is 6.77. The Morgan fingerprint density at radius 2 is 1.77 bits per heavy atom. The molecule has 124 valence electrons. The third-order valence-corrected chi connectivity index (χ3v) is 3.77. The van der Waals surface area contributed by atoms with Crippen LogP contribution in [0.3, 0.4) is 0 Å². The summed E-state index contributed by atoms with van der Waals surface area (Å²) in [5.41, 5.74) is 0.913. The molecule has 0 N–H and O–H groups in total. The number of carbonyl (C=O) groups excluding carboxylic acids is 1. The Morgan fingerprint density at radius 1 is 1.23 bits per heavy atom. The summed E-state index contributed by atoms with van der Waals surface area (Å²) in [6.07, 6.45) is 1.86. The number of urea groups is 1. The quantitative estimate of drug-likeness (QED) is 0.752. The van der Waals surface area contributed by atoms with Crippen LogP contribution in [0.5, 0.6) is 5.75 Å². The van der Waals surface area contributed by atoms with Gasteiger partial charge in [-0.25, -0.2) is 4.79 Å². The molecule has 0 fully saturated rings. The molecule has 1 aromatic carbocycles. The van der Waals surface area contributed by atoms with Crippen LogP contribution in [0.4, 0.5) is 4.79 Å². The van der Waals surface area contributed by atoms with Gasteiger partial charge < -0.3 is 14.0 Å². The maximum atomic E-state index is 12.3. The molecule has 0 radical (unpaired) electrons. The van der Waals surface area contributed by atoms with E-state index in [2.05, 4.69) is 0 Å². The molecule has 0 spiro atoms. The number of rotatable bonds is 6. The summed E-state index contributed by atoms with van der Waals surface area (Å²) in [6.45, 7) is 4.50. The van der Waals surface area contributed by atoms with E-state index in [1.807, 2.05) is 13.8 Å². The molecule has 0 unspecified atom stereocenters. The first-order chi connectivity index (χ1) is 10.1. The van der Waals surface area contributed by atoms with E-state index in [1.54, 1.807) is 48.2 Å². The fourth-order valence-corrected chi connectivity index (χ4v) is 2.37. The zero-order chi connectivity index (χ0) is 16.9. The van der Waals surface area contributed by atoms with Crippen molar-refractivity contribution in [3.8, 4) is 5.75 Å². The largest absolute Gasteiger partial charge is 0.383 e. The predicted molar refractivity (Wildman–Crippen MR) is 86.3 cm³/mol. The Bertz CT molecular complexity index is 596. The first-order valence-electron chi connectivity index (χ1n) is 7.10. The molecule has 0 aliphatic rings. The van der Waals surface area contributed by atoms with Crippen molar-refractivity contribution in [3.63, 3.8) is 0 Å². The van der Waals surface area contributed by atoms with Gasteiger partial charge in [0.15, 0.2) is 0 Å². The Kier molecular flexibility index (Phi) is 6.22. The van der Waals surface area contributed by atoms with Crippen LogP contribution < -0.4 is 4.18 Å². The van der Waals surface area contributed by atoms with Crippen LogP contribution in [0.15, 0.2) is 24.3 Å². The van der Waals surface area contributed by atoms with Crippen molar-refractivity contribution < 1.29 is 17.4 Å². The smallest absolute Gasteiger partial charge is 0.320 e. The molecule has 1 rings (SSSR count). The van der Waals surface area contributed by atoms with Crippen molar-refractivity contribution >= 4 is 16.1 Å². The van der Waals surface area contributed by atoms with Gasteiger partial charge in [-0.2, -0.15) is 8.42 Å². The van der Waals surface area contributed by atoms with E-state index in [0.717, 1.165) is 18.2 Å². The topological polar surface area (TPSA) is 66.9 Å². The van der Waals surface area contributed by atoms with Crippen LogP contribution in [-0.4, -0.2) is 50.6 Å². The average molecular weight is 328 g/mol. The summed E-state index contributed by atoms with van der Waals surface area (Å²) >= 11 is 0. The van der Waals surface area contributed by atoms with Gasteiger partial charge in [-0.1, -0.05) is 19.1 Å². The molecule has 0 aliphatic carbocycles. The van der Waals surface area contributed by atoms with Crippen molar-refractivity contribution in [2.24, 2.45) is 0 Å². The van der Waals surface area contributed by atoms with Gasteiger partial charge in [0.25, 0.3) is 0 Å². The Morgan fingerprint density at radius 3 is 2.18 bits per heavy atom. The van der Waals surface area contributed by atoms with Crippen molar-refractivity contribution in [2.75, 3.05) is 20.4 Å². The molecule has 0 heterocycles. The van der Waals surface area contributed by atoms with Gasteiger partial charge >= 0.3 is 16.1 Å². The van der Waals surface area contributed by atoms with Crippen molar-refractivity contribution in [1.82, 2.24) is 9.80 Å². The van der Waals surface area contributed by atoms with E-state index in [1.165, 1.54) is 0 Å². The monoisotopic (exact) mass is 328 g/mol. The summed E-state index contributed by atoms with van der Waals surface area (Å²) in [4.78, 5) is 15.6. The van der Waals surface area contributed by atoms with Crippen LogP contribution >= 0.6 is 0 Å². The molecule has 0 aliphatic heterocycles. The van der Waals surface area contributed by atoms with Crippen molar-refractivity contribution in [3.05, 3.63) is 29.8 Å². The van der Waals surface area contributed by atoms with Crippen LogP contribution in [0.1, 0.15) is 25.8 Å². The fraction of sp³-hybridized carbons (Fsp3) is 0.533. The summed E-state index contributed by atoms with van der Waals surface area (Å²) in [7, 11) is -0.0804. The number of carbonyl (C=O) groups is 1. The van der Waals surface area contributed by atoms with Gasteiger partial charge in [-0.05, 0) is 31.0 Å². The molecule has 1 atom stereocenters. The van der Waals surface area contributed by atoms with Gasteiger partial charge in [0.2, 0.25) is 0 Å². The minimum absolute atomic E-state index is 0.0502. The highest BCUT2D eigenvalue weighted by Gasteiger charge is 2.20. The van der Waals surface area contributed by atoms with E-state index in [4.69, 9.17) is 4.18 Å². The SMILES string of the molecule is CC[C@H](C)N(Cc1ccc(OS(C)(=O)=O)cc1)C(=O)N(C)C. The number of amides is 2. The standard InChI is InChI=1S/C15H24N2O4S/c1-6-12(2)17(15(18)16(3)4)11-13-7-9-14(10-8-13)21-22(5,19)20/h7-10,12H,6,11H2,1-5H3/t12-/m0/s1. The molecular weight excluding hydrogens is 304 g/mol. The fourth-order valence-electron chi connectivity index (χ4n) is 1.91. The molecule has 2 amide bonds. The number of nitrogens with zero attached hydrogens (tertiary/aromatic N) is 2. The maximum Gasteiger partial charge on any atom is 0.320 e. The van der Waals surface area contributed by atoms with Gasteiger partial charge in [0, 0.05) is 26.7 Å². The lowest BCUT2D eigenvalue weighted by molar-refractivity contribution is 0.148. The number of hydrogen-bond acceptors (Lipinski definition) is 4. The maximum absolute atomic E-state index is 12.3. The molecule has 0 aromatic heterocycles. The molecule has 0 bridgehead atoms. The van der Waals surface area contributed by atoms with Crippen LogP contribution in [-0.2, 0) is 16.7 Å². The second kappa shape index (κ2) is 7.49. The van der Waals surface area contributed by atoms with Gasteiger partial charge in [-0.15, -0.1) is 0 Å². The van der Waals surface area contributed by atoms with E-state index < -0.39 is 10.1 Å². The van der Waals surface area contributed by atoms with E-state index in [-0.39, 0.29) is 17.8 Å². The van der Waals surface area contributed by atoms with E-state index >= 15 is 0 Å². The van der Waals surface area contributed by atoms with Crippen molar-refractivity contribution in [1.29, 1.82) is 0 Å². The Balaban J connectivity index is 2.88. The third kappa shape index (κ3) is 5.55. The van der Waals surface area contributed by atoms with Crippen LogP contribution in [0.25, 0.3) is 0 Å². The Hall–Kier alpha value is -1.76. The van der Waals surface area contributed by atoms with Crippen LogP contribution in [0, 0.1) is 0 Å². The highest BCUT2D eigenvalue weighted by atomic mass is 32.2. The molecule has 0 saturated heterocycles. The summed E-state index contributed by atoms with van der Waals surface area (Å²) in [5, 5.41) is 0. The van der Waals surface area contributed by atoms with Gasteiger partial charge in [-0.3, -0.25) is 0 Å². The van der Waals surface area contributed by atoms with Gasteiger partial charge in [0.05, 0.1) is 6.26 Å². The molecule has 1 aromatic rings. The number of hydrogen-bond donors (Lipinski definition) is 0. The van der Waals surface area contributed by atoms with E-state index in [9.17, 15) is 13.2 Å². The lowest BCUT2D eigenvalue weighted by atomic mass is 10.1. The summed E-state index contributed by atoms with van der Waals surface area (Å²) in [5.74, 6) is 0.264. The highest BCUT2D eigenvalue weighted by molar-refractivity contribution is 7.86. The first-order valence-corrected chi connectivity index (χ1v) is 8.92. The molecular formula is C15H24N2O4S. The second-order valence-electron chi connectivity index (χ2n) is 5.49. The third-order valence-electron chi connectivity index (χ3n) is 3.28. The zero-order valence-electron chi connectivity index (χ0n) is 13.7. The predicted octanol–water partition coefficient (Wildman–Crippen LogP) is 2.31. The normalized spacial score (nSPS) is 12.6. The molecule has 22 heavy (non-hydrogen) atoms. The zero-order valence-corrected chi connectivity index (χ0v) is 14.6. The highest BCUT2D eigenvalue weighted by Crippen LogP contribution is 2.17. The number of benzene rings is 1.